The van der Waals surface area contributed by atoms with Crippen LogP contribution in [0.5, 0.6) is 0 Å². The van der Waals surface area contributed by atoms with Crippen molar-refractivity contribution in [3.05, 3.63) is 0 Å². The summed E-state index contributed by atoms with van der Waals surface area (Å²) in [6.07, 6.45) is -3.08. The van der Waals surface area contributed by atoms with Crippen LogP contribution in [0.1, 0.15) is 6.92 Å². The number of rotatable bonds is 4. The summed E-state index contributed by atoms with van der Waals surface area (Å²) >= 11 is 0. The highest BCUT2D eigenvalue weighted by molar-refractivity contribution is 5.58. The quantitative estimate of drug-likeness (QED) is 0.349. The van der Waals surface area contributed by atoms with Gasteiger partial charge in [-0.05, 0) is 6.92 Å². The minimum absolute atomic E-state index is 0.0585. The molecule has 0 fully saturated rings. The summed E-state index contributed by atoms with van der Waals surface area (Å²) < 4.78 is 0. The van der Waals surface area contributed by atoms with Gasteiger partial charge in [-0.2, -0.15) is 0 Å². The number of aliphatic hydroxyl groups is 4. The highest BCUT2D eigenvalue weighted by Gasteiger charge is 2.39. The summed E-state index contributed by atoms with van der Waals surface area (Å²) in [6.45, 7) is 0.299. The zero-order valence-corrected chi connectivity index (χ0v) is 6.14. The molecule has 5 nitrogen and oxygen atoms in total. The topological polar surface area (TPSA) is 98.0 Å². The van der Waals surface area contributed by atoms with Crippen LogP contribution in [-0.4, -0.2) is 51.1 Å². The number of aliphatic hydroxyl groups excluding tert-OH is 3. The standard InChI is InChI=1S/C6H12O5/c1-4(9)6(11,3-8)5(10)2-7/h2,4-5,8-11H,3H2,1H3/t4-,5-,6+/m1/s1. The summed E-state index contributed by atoms with van der Waals surface area (Å²) in [5.41, 5.74) is -2.15. The maximum absolute atomic E-state index is 9.98. The van der Waals surface area contributed by atoms with Gasteiger partial charge in [0, 0.05) is 0 Å². The molecule has 0 bridgehead atoms. The molecule has 0 saturated carbocycles. The van der Waals surface area contributed by atoms with Crippen LogP contribution >= 0.6 is 0 Å². The molecule has 0 aliphatic carbocycles. The predicted octanol–water partition coefficient (Wildman–Crippen LogP) is -2.35. The first kappa shape index (κ1) is 10.5. The van der Waals surface area contributed by atoms with Gasteiger partial charge < -0.3 is 25.2 Å². The lowest BCUT2D eigenvalue weighted by Crippen LogP contribution is -2.54. The summed E-state index contributed by atoms with van der Waals surface area (Å²) in [6, 6.07) is 0. The second kappa shape index (κ2) is 3.77. The molecule has 0 aromatic heterocycles. The monoisotopic (exact) mass is 164 g/mol. The molecule has 0 radical (unpaired) electrons. The first-order chi connectivity index (χ1) is 4.99. The average Bonchev–Trinajstić information content (AvgIpc) is 2.01. The highest BCUT2D eigenvalue weighted by Crippen LogP contribution is 2.13. The van der Waals surface area contributed by atoms with Gasteiger partial charge >= 0.3 is 0 Å². The Kier molecular flexibility index (Phi) is 3.61. The highest BCUT2D eigenvalue weighted by atomic mass is 16.4. The summed E-state index contributed by atoms with van der Waals surface area (Å²) in [5, 5.41) is 35.4. The van der Waals surface area contributed by atoms with Crippen molar-refractivity contribution in [3.8, 4) is 0 Å². The number of hydrogen-bond donors (Lipinski definition) is 4. The first-order valence-corrected chi connectivity index (χ1v) is 3.13. The van der Waals surface area contributed by atoms with E-state index >= 15 is 0 Å². The van der Waals surface area contributed by atoms with Gasteiger partial charge in [0.15, 0.2) is 6.29 Å². The Labute approximate surface area is 63.9 Å². The molecule has 4 N–H and O–H groups in total. The second-order valence-corrected chi connectivity index (χ2v) is 2.41. The molecule has 5 heteroatoms. The van der Waals surface area contributed by atoms with Gasteiger partial charge in [-0.1, -0.05) is 0 Å². The fraction of sp³-hybridized carbons (Fsp3) is 0.833. The third kappa shape index (κ3) is 1.97. The molecule has 3 atom stereocenters. The fourth-order valence-electron chi connectivity index (χ4n) is 0.591. The third-order valence-electron chi connectivity index (χ3n) is 1.62. The van der Waals surface area contributed by atoms with Crippen molar-refractivity contribution in [3.63, 3.8) is 0 Å². The molecule has 0 heterocycles. The zero-order chi connectivity index (χ0) is 9.07. The van der Waals surface area contributed by atoms with E-state index < -0.39 is 24.4 Å². The molecular formula is C6H12O5. The molecule has 0 aliphatic heterocycles. The molecule has 66 valence electrons. The molecule has 0 unspecified atom stereocenters. The van der Waals surface area contributed by atoms with Crippen molar-refractivity contribution in [2.75, 3.05) is 6.61 Å². The van der Waals surface area contributed by atoms with Crippen LogP contribution in [0.15, 0.2) is 0 Å². The summed E-state index contributed by atoms with van der Waals surface area (Å²) in [5.74, 6) is 0. The molecule has 0 spiro atoms. The largest absolute Gasteiger partial charge is 0.393 e. The normalized spacial score (nSPS) is 21.9. The summed E-state index contributed by atoms with van der Waals surface area (Å²) in [7, 11) is 0. The van der Waals surface area contributed by atoms with Crippen LogP contribution in [0.3, 0.4) is 0 Å². The number of carbonyl (C=O) groups is 1. The van der Waals surface area contributed by atoms with Crippen LogP contribution in [0.4, 0.5) is 0 Å². The number of hydrogen-bond acceptors (Lipinski definition) is 5. The van der Waals surface area contributed by atoms with Gasteiger partial charge in [0.05, 0.1) is 12.7 Å². The number of carbonyl (C=O) groups excluding carboxylic acids is 1. The molecule has 0 aliphatic rings. The van der Waals surface area contributed by atoms with Crippen molar-refractivity contribution in [2.45, 2.75) is 24.7 Å². The van der Waals surface area contributed by atoms with E-state index in [1.54, 1.807) is 0 Å². The lowest BCUT2D eigenvalue weighted by Gasteiger charge is -2.30. The van der Waals surface area contributed by atoms with Gasteiger partial charge in [-0.3, -0.25) is 0 Å². The molecule has 0 saturated heterocycles. The van der Waals surface area contributed by atoms with E-state index in [0.717, 1.165) is 0 Å². The maximum atomic E-state index is 9.98. The smallest absolute Gasteiger partial charge is 0.151 e. The van der Waals surface area contributed by atoms with Crippen molar-refractivity contribution < 1.29 is 25.2 Å². The third-order valence-corrected chi connectivity index (χ3v) is 1.62. The second-order valence-electron chi connectivity index (χ2n) is 2.41. The fourth-order valence-corrected chi connectivity index (χ4v) is 0.591. The van der Waals surface area contributed by atoms with Crippen molar-refractivity contribution >= 4 is 6.29 Å². The van der Waals surface area contributed by atoms with E-state index in [2.05, 4.69) is 0 Å². The molecular weight excluding hydrogens is 152 g/mol. The van der Waals surface area contributed by atoms with E-state index in [1.807, 2.05) is 0 Å². The number of aldehydes is 1. The van der Waals surface area contributed by atoms with Gasteiger partial charge in [-0.15, -0.1) is 0 Å². The predicted molar refractivity (Wildman–Crippen MR) is 35.8 cm³/mol. The Balaban J connectivity index is 4.44. The van der Waals surface area contributed by atoms with Crippen molar-refractivity contribution in [1.29, 1.82) is 0 Å². The molecule has 0 rings (SSSR count). The van der Waals surface area contributed by atoms with E-state index in [1.165, 1.54) is 6.92 Å². The van der Waals surface area contributed by atoms with Crippen molar-refractivity contribution in [2.24, 2.45) is 0 Å². The molecule has 11 heavy (non-hydrogen) atoms. The molecule has 0 amide bonds. The van der Waals surface area contributed by atoms with Crippen molar-refractivity contribution in [1.82, 2.24) is 0 Å². The average molecular weight is 164 g/mol. The maximum Gasteiger partial charge on any atom is 0.151 e. The Hall–Kier alpha value is -0.490. The lowest BCUT2D eigenvalue weighted by molar-refractivity contribution is -0.166. The first-order valence-electron chi connectivity index (χ1n) is 3.13. The van der Waals surface area contributed by atoms with E-state index in [-0.39, 0.29) is 6.29 Å². The van der Waals surface area contributed by atoms with Crippen LogP contribution in [0, 0.1) is 0 Å². The van der Waals surface area contributed by atoms with E-state index in [9.17, 15) is 9.90 Å². The molecule has 0 aromatic rings. The van der Waals surface area contributed by atoms with Gasteiger partial charge in [-0.25, -0.2) is 0 Å². The Morgan fingerprint density at radius 3 is 2.09 bits per heavy atom. The Morgan fingerprint density at radius 2 is 2.00 bits per heavy atom. The van der Waals surface area contributed by atoms with Gasteiger partial charge in [0.1, 0.15) is 11.7 Å². The minimum Gasteiger partial charge on any atom is -0.393 e. The van der Waals surface area contributed by atoms with Gasteiger partial charge in [0.2, 0.25) is 0 Å². The minimum atomic E-state index is -2.15. The zero-order valence-electron chi connectivity index (χ0n) is 6.14. The SMILES string of the molecule is C[C@@H](O)[C@@](O)(CO)[C@H](O)C=O. The van der Waals surface area contributed by atoms with Crippen LogP contribution < -0.4 is 0 Å². The van der Waals surface area contributed by atoms with Crippen LogP contribution in [-0.2, 0) is 4.79 Å². The van der Waals surface area contributed by atoms with E-state index in [4.69, 9.17) is 15.3 Å². The van der Waals surface area contributed by atoms with Crippen LogP contribution in [0.25, 0.3) is 0 Å². The van der Waals surface area contributed by atoms with Gasteiger partial charge in [0.25, 0.3) is 0 Å². The Morgan fingerprint density at radius 1 is 1.55 bits per heavy atom. The van der Waals surface area contributed by atoms with E-state index in [0.29, 0.717) is 0 Å². The van der Waals surface area contributed by atoms with Crippen LogP contribution in [0.2, 0.25) is 0 Å². The molecule has 0 aromatic carbocycles. The lowest BCUT2D eigenvalue weighted by atomic mass is 9.93. The summed E-state index contributed by atoms with van der Waals surface area (Å²) in [4.78, 5) is 9.98. The Bertz CT molecular complexity index is 135.